The third-order valence-corrected chi connectivity index (χ3v) is 5.11. The summed E-state index contributed by atoms with van der Waals surface area (Å²) < 4.78 is 49.9. The molecule has 3 rings (SSSR count). The lowest BCUT2D eigenvalue weighted by Crippen LogP contribution is -2.30. The Morgan fingerprint density at radius 2 is 1.66 bits per heavy atom. The molecule has 3 aromatic rings. The molecule has 0 bridgehead atoms. The second kappa shape index (κ2) is 11.1. The van der Waals surface area contributed by atoms with Crippen LogP contribution in [0.1, 0.15) is 29.8 Å². The SMILES string of the molecule is CCOc1ccccc1NC(=O)c1ccc(OC(C)C(=O)Nc2cc(C(F)(F)F)ccc2Cl)cc1. The van der Waals surface area contributed by atoms with Crippen molar-refractivity contribution in [3.8, 4) is 11.5 Å². The van der Waals surface area contributed by atoms with Crippen molar-refractivity contribution in [2.75, 3.05) is 17.2 Å². The highest BCUT2D eigenvalue weighted by Gasteiger charge is 2.31. The van der Waals surface area contributed by atoms with Crippen molar-refractivity contribution < 1.29 is 32.2 Å². The van der Waals surface area contributed by atoms with Crippen LogP contribution in [0.5, 0.6) is 11.5 Å². The highest BCUT2D eigenvalue weighted by Crippen LogP contribution is 2.34. The molecule has 0 heterocycles. The zero-order valence-corrected chi connectivity index (χ0v) is 19.5. The largest absolute Gasteiger partial charge is 0.492 e. The molecule has 0 saturated heterocycles. The number of nitrogens with one attached hydrogen (secondary N) is 2. The van der Waals surface area contributed by atoms with E-state index in [1.807, 2.05) is 6.92 Å². The lowest BCUT2D eigenvalue weighted by atomic mass is 10.2. The van der Waals surface area contributed by atoms with Gasteiger partial charge in [-0.3, -0.25) is 9.59 Å². The molecule has 0 saturated carbocycles. The van der Waals surface area contributed by atoms with E-state index in [1.54, 1.807) is 24.3 Å². The molecule has 0 aliphatic carbocycles. The van der Waals surface area contributed by atoms with Gasteiger partial charge in [-0.15, -0.1) is 0 Å². The Morgan fingerprint density at radius 3 is 2.31 bits per heavy atom. The Hall–Kier alpha value is -3.72. The molecule has 0 fully saturated rings. The maximum Gasteiger partial charge on any atom is 0.416 e. The van der Waals surface area contributed by atoms with Crippen LogP contribution in [0.4, 0.5) is 24.5 Å². The first kappa shape index (κ1) is 25.9. The van der Waals surface area contributed by atoms with E-state index in [-0.39, 0.29) is 22.4 Å². The number of carbonyl (C=O) groups excluding carboxylic acids is 2. The normalized spacial score (nSPS) is 11.9. The maximum atomic E-state index is 12.9. The number of para-hydroxylation sites is 2. The number of anilines is 2. The van der Waals surface area contributed by atoms with Gasteiger partial charge in [-0.25, -0.2) is 0 Å². The quantitative estimate of drug-likeness (QED) is 0.370. The van der Waals surface area contributed by atoms with E-state index in [2.05, 4.69) is 10.6 Å². The van der Waals surface area contributed by atoms with Crippen LogP contribution in [0.2, 0.25) is 5.02 Å². The number of amides is 2. The van der Waals surface area contributed by atoms with Gasteiger partial charge >= 0.3 is 6.18 Å². The predicted octanol–water partition coefficient (Wildman–Crippen LogP) is 6.42. The molecule has 6 nitrogen and oxygen atoms in total. The van der Waals surface area contributed by atoms with E-state index in [0.29, 0.717) is 23.6 Å². The summed E-state index contributed by atoms with van der Waals surface area (Å²) in [6.07, 6.45) is -5.64. The Balaban J connectivity index is 1.62. The number of rotatable bonds is 8. The molecule has 2 N–H and O–H groups in total. The van der Waals surface area contributed by atoms with Crippen molar-refractivity contribution in [3.05, 3.63) is 82.9 Å². The fourth-order valence-electron chi connectivity index (χ4n) is 3.02. The first-order valence-electron chi connectivity index (χ1n) is 10.6. The number of hydrogen-bond acceptors (Lipinski definition) is 4. The minimum absolute atomic E-state index is 0.0418. The lowest BCUT2D eigenvalue weighted by Gasteiger charge is -2.17. The van der Waals surface area contributed by atoms with Crippen LogP contribution in [0.15, 0.2) is 66.7 Å². The molecule has 184 valence electrons. The maximum absolute atomic E-state index is 12.9. The molecule has 0 aliphatic heterocycles. The standard InChI is InChI=1S/C25H22ClF3N2O4/c1-3-34-22-7-5-4-6-20(22)30-24(33)16-8-11-18(12-9-16)35-15(2)23(32)31-21-14-17(25(27,28)29)10-13-19(21)26/h4-15H,3H2,1-2H3,(H,30,33)(H,31,32). The number of carbonyl (C=O) groups is 2. The van der Waals surface area contributed by atoms with E-state index in [0.717, 1.165) is 18.2 Å². The molecule has 3 aromatic carbocycles. The molecule has 0 radical (unpaired) electrons. The smallest absolute Gasteiger partial charge is 0.416 e. The number of benzene rings is 3. The number of ether oxygens (including phenoxy) is 2. The van der Waals surface area contributed by atoms with Crippen LogP contribution < -0.4 is 20.1 Å². The van der Waals surface area contributed by atoms with Crippen molar-refractivity contribution in [2.45, 2.75) is 26.1 Å². The predicted molar refractivity (Wildman–Crippen MR) is 127 cm³/mol. The summed E-state index contributed by atoms with van der Waals surface area (Å²) in [6, 6.07) is 15.7. The minimum Gasteiger partial charge on any atom is -0.492 e. The van der Waals surface area contributed by atoms with Gasteiger partial charge in [0.15, 0.2) is 6.10 Å². The molecular weight excluding hydrogens is 485 g/mol. The number of alkyl halides is 3. The van der Waals surface area contributed by atoms with Crippen LogP contribution in [0, 0.1) is 0 Å². The molecule has 2 amide bonds. The first-order valence-corrected chi connectivity index (χ1v) is 10.9. The van der Waals surface area contributed by atoms with Crippen LogP contribution >= 0.6 is 11.6 Å². The highest BCUT2D eigenvalue weighted by atomic mass is 35.5. The van der Waals surface area contributed by atoms with Crippen molar-refractivity contribution in [3.63, 3.8) is 0 Å². The van der Waals surface area contributed by atoms with Crippen molar-refractivity contribution >= 4 is 34.8 Å². The van der Waals surface area contributed by atoms with Crippen LogP contribution in [-0.4, -0.2) is 24.5 Å². The molecule has 1 atom stereocenters. The molecule has 1 unspecified atom stereocenters. The van der Waals surface area contributed by atoms with Crippen LogP contribution in [0.3, 0.4) is 0 Å². The van der Waals surface area contributed by atoms with Crippen LogP contribution in [-0.2, 0) is 11.0 Å². The van der Waals surface area contributed by atoms with Gasteiger partial charge in [0.1, 0.15) is 11.5 Å². The average molecular weight is 507 g/mol. The minimum atomic E-state index is -4.58. The van der Waals surface area contributed by atoms with E-state index in [1.165, 1.54) is 31.2 Å². The van der Waals surface area contributed by atoms with Crippen LogP contribution in [0.25, 0.3) is 0 Å². The van der Waals surface area contributed by atoms with Gasteiger partial charge in [0.05, 0.1) is 28.6 Å². The van der Waals surface area contributed by atoms with Gasteiger partial charge in [0.25, 0.3) is 11.8 Å². The zero-order chi connectivity index (χ0) is 25.6. The first-order chi connectivity index (χ1) is 16.6. The summed E-state index contributed by atoms with van der Waals surface area (Å²) in [6.45, 7) is 3.72. The van der Waals surface area contributed by atoms with Gasteiger partial charge in [-0.2, -0.15) is 13.2 Å². The van der Waals surface area contributed by atoms with Gasteiger partial charge in [-0.1, -0.05) is 23.7 Å². The summed E-state index contributed by atoms with van der Waals surface area (Å²) >= 11 is 5.92. The Bertz CT molecular complexity index is 1200. The van der Waals surface area contributed by atoms with Gasteiger partial charge in [0, 0.05) is 5.56 Å². The Labute approximate surface area is 205 Å². The van der Waals surface area contributed by atoms with E-state index >= 15 is 0 Å². The molecule has 10 heteroatoms. The Morgan fingerprint density at radius 1 is 0.971 bits per heavy atom. The summed E-state index contributed by atoms with van der Waals surface area (Å²) in [5.74, 6) is -0.229. The molecule has 35 heavy (non-hydrogen) atoms. The fourth-order valence-corrected chi connectivity index (χ4v) is 3.18. The van der Waals surface area contributed by atoms with Gasteiger partial charge in [0.2, 0.25) is 0 Å². The third kappa shape index (κ3) is 6.89. The third-order valence-electron chi connectivity index (χ3n) is 4.79. The van der Waals surface area contributed by atoms with Crippen molar-refractivity contribution in [1.82, 2.24) is 0 Å². The zero-order valence-electron chi connectivity index (χ0n) is 18.8. The lowest BCUT2D eigenvalue weighted by molar-refractivity contribution is -0.137. The fraction of sp³-hybridized carbons (Fsp3) is 0.200. The number of halogens is 4. The van der Waals surface area contributed by atoms with Gasteiger partial charge in [-0.05, 0) is 68.4 Å². The molecule has 0 spiro atoms. The average Bonchev–Trinajstić information content (AvgIpc) is 2.81. The topological polar surface area (TPSA) is 76.7 Å². The van der Waals surface area contributed by atoms with E-state index in [9.17, 15) is 22.8 Å². The summed E-state index contributed by atoms with van der Waals surface area (Å²) in [7, 11) is 0. The molecular formula is C25H22ClF3N2O4. The summed E-state index contributed by atoms with van der Waals surface area (Å²) in [5.41, 5.74) is -0.250. The van der Waals surface area contributed by atoms with Gasteiger partial charge < -0.3 is 20.1 Å². The van der Waals surface area contributed by atoms with Crippen molar-refractivity contribution in [2.24, 2.45) is 0 Å². The molecule has 0 aliphatic rings. The highest BCUT2D eigenvalue weighted by molar-refractivity contribution is 6.33. The molecule has 0 aromatic heterocycles. The van der Waals surface area contributed by atoms with E-state index < -0.39 is 23.8 Å². The van der Waals surface area contributed by atoms with E-state index in [4.69, 9.17) is 21.1 Å². The summed E-state index contributed by atoms with van der Waals surface area (Å²) in [5, 5.41) is 5.08. The second-order valence-electron chi connectivity index (χ2n) is 7.35. The summed E-state index contributed by atoms with van der Waals surface area (Å²) in [4.78, 5) is 25.0. The van der Waals surface area contributed by atoms with Crippen molar-refractivity contribution in [1.29, 1.82) is 0 Å². The second-order valence-corrected chi connectivity index (χ2v) is 7.76. The monoisotopic (exact) mass is 506 g/mol. The number of hydrogen-bond donors (Lipinski definition) is 2. The Kier molecular flexibility index (Phi) is 8.24.